The van der Waals surface area contributed by atoms with Crippen molar-refractivity contribution in [1.82, 2.24) is 0 Å². The van der Waals surface area contributed by atoms with Crippen LogP contribution < -0.4 is 9.80 Å². The maximum atomic E-state index is 3.57. The van der Waals surface area contributed by atoms with E-state index >= 15 is 0 Å². The van der Waals surface area contributed by atoms with Crippen LogP contribution in [0.25, 0.3) is 0 Å². The molecule has 1 aliphatic rings. The summed E-state index contributed by atoms with van der Waals surface area (Å²) in [5, 5.41) is 0. The summed E-state index contributed by atoms with van der Waals surface area (Å²) in [7, 11) is 0. The summed E-state index contributed by atoms with van der Waals surface area (Å²) in [6, 6.07) is 17.4. The second-order valence-corrected chi connectivity index (χ2v) is 6.85. The zero-order chi connectivity index (χ0) is 14.8. The van der Waals surface area contributed by atoms with E-state index in [1.54, 1.807) is 12.7 Å². The molecule has 0 radical (unpaired) electrons. The third-order valence-electron chi connectivity index (χ3n) is 3.69. The van der Waals surface area contributed by atoms with Crippen LogP contribution in [-0.4, -0.2) is 17.8 Å². The molecule has 1 saturated heterocycles. The quantitative estimate of drug-likeness (QED) is 0.708. The predicted octanol–water partition coefficient (Wildman–Crippen LogP) is 4.11. The maximum absolute atomic E-state index is 3.57. The van der Waals surface area contributed by atoms with Crippen LogP contribution in [0.2, 0.25) is 0 Å². The van der Waals surface area contributed by atoms with E-state index in [1.165, 1.54) is 27.2 Å². The molecule has 21 heavy (non-hydrogen) atoms. The van der Waals surface area contributed by atoms with Gasteiger partial charge in [-0.25, -0.2) is 0 Å². The molecule has 0 amide bonds. The molecule has 0 bridgehead atoms. The summed E-state index contributed by atoms with van der Waals surface area (Å²) >= 11 is 5.29. The molecular formula is C17H18BrCuN2. The molecule has 2 nitrogen and oxygen atoms in total. The number of hydrogen-bond acceptors (Lipinski definition) is 2. The van der Waals surface area contributed by atoms with Crippen LogP contribution >= 0.6 is 14.1 Å². The van der Waals surface area contributed by atoms with Crippen molar-refractivity contribution in [3.63, 3.8) is 0 Å². The summed E-state index contributed by atoms with van der Waals surface area (Å²) in [6.07, 6.45) is 0. The second kappa shape index (κ2) is 6.35. The van der Waals surface area contributed by atoms with Crippen LogP contribution in [0.4, 0.5) is 11.4 Å². The zero-order valence-electron chi connectivity index (χ0n) is 12.1. The number of nitrogens with zero attached hydrogens (tertiary/aromatic N) is 2. The Balaban J connectivity index is 1.90. The van der Waals surface area contributed by atoms with E-state index < -0.39 is 0 Å². The van der Waals surface area contributed by atoms with Gasteiger partial charge in [-0.1, -0.05) is 0 Å². The fraction of sp³-hybridized carbons (Fsp3) is 0.235. The Morgan fingerprint density at radius 3 is 1.48 bits per heavy atom. The van der Waals surface area contributed by atoms with E-state index in [4.69, 9.17) is 0 Å². The monoisotopic (exact) mass is 392 g/mol. The van der Waals surface area contributed by atoms with E-state index in [0.717, 1.165) is 13.1 Å². The standard InChI is InChI=1S/C17H18N2.BrH.Cu/c1-14-3-7-16(8-4-14)18-11-12-19(13-18)17-9-5-15(2)6-10-17;;/h3-10H,11-12H2,1-2H3;1H;/q;;+1/p-1. The number of halogens is 1. The van der Waals surface area contributed by atoms with Gasteiger partial charge in [0.15, 0.2) is 0 Å². The molecule has 0 atom stereocenters. The van der Waals surface area contributed by atoms with Crippen molar-refractivity contribution in [3.05, 3.63) is 59.7 Å². The van der Waals surface area contributed by atoms with Gasteiger partial charge in [0.1, 0.15) is 0 Å². The topological polar surface area (TPSA) is 6.48 Å². The first-order valence-corrected chi connectivity index (χ1v) is 9.73. The molecule has 0 N–H and O–H groups in total. The Bertz CT molecular complexity index is 594. The summed E-state index contributed by atoms with van der Waals surface area (Å²) in [4.78, 5) is 4.71. The van der Waals surface area contributed by atoms with Gasteiger partial charge < -0.3 is 0 Å². The number of benzene rings is 2. The van der Waals surface area contributed by atoms with Gasteiger partial charge in [0.05, 0.1) is 0 Å². The van der Waals surface area contributed by atoms with Crippen molar-refractivity contribution in [1.29, 1.82) is 0 Å². The van der Waals surface area contributed by atoms with E-state index in [1.807, 2.05) is 0 Å². The zero-order valence-corrected chi connectivity index (χ0v) is 14.6. The molecule has 1 aliphatic heterocycles. The van der Waals surface area contributed by atoms with Crippen LogP contribution in [0.5, 0.6) is 0 Å². The average Bonchev–Trinajstić information content (AvgIpc) is 2.92. The SMILES string of the molecule is Cc1ccc(N2CCN(c3ccc(C)cc3)[C]2=[Cu][Br])cc1. The van der Waals surface area contributed by atoms with Crippen LogP contribution in [0.15, 0.2) is 48.5 Å². The van der Waals surface area contributed by atoms with E-state index in [-0.39, 0.29) is 0 Å². The third-order valence-corrected chi connectivity index (χ3v) is 5.24. The molecule has 114 valence electrons. The first kappa shape index (κ1) is 14.8. The first-order valence-electron chi connectivity index (χ1n) is 6.93. The fourth-order valence-corrected chi connectivity index (χ4v) is 4.19. The molecule has 1 heterocycles. The first-order chi connectivity index (χ1) is 10.2. The Morgan fingerprint density at radius 1 is 0.762 bits per heavy atom. The van der Waals surface area contributed by atoms with Crippen molar-refractivity contribution in [2.24, 2.45) is 0 Å². The van der Waals surface area contributed by atoms with Gasteiger partial charge in [0, 0.05) is 0 Å². The molecule has 0 aromatic heterocycles. The van der Waals surface area contributed by atoms with Crippen LogP contribution in [0.1, 0.15) is 11.1 Å². The Morgan fingerprint density at radius 2 is 1.14 bits per heavy atom. The molecule has 4 heteroatoms. The molecule has 2 aromatic carbocycles. The van der Waals surface area contributed by atoms with Gasteiger partial charge in [0.25, 0.3) is 0 Å². The van der Waals surface area contributed by atoms with Crippen LogP contribution in [0, 0.1) is 13.8 Å². The van der Waals surface area contributed by atoms with Crippen molar-refractivity contribution in [2.45, 2.75) is 13.8 Å². The average molecular weight is 394 g/mol. The Hall–Kier alpha value is -1.09. The third kappa shape index (κ3) is 3.08. The molecule has 3 rings (SSSR count). The summed E-state index contributed by atoms with van der Waals surface area (Å²) in [5.41, 5.74) is 5.07. The normalized spacial score (nSPS) is 15.1. The van der Waals surface area contributed by atoms with Gasteiger partial charge in [0.2, 0.25) is 0 Å². The Kier molecular flexibility index (Phi) is 4.48. The van der Waals surface area contributed by atoms with Gasteiger partial charge in [-0.3, -0.25) is 0 Å². The van der Waals surface area contributed by atoms with Crippen molar-refractivity contribution in [3.8, 4) is 0 Å². The van der Waals surface area contributed by atoms with Crippen molar-refractivity contribution < 1.29 is 12.7 Å². The van der Waals surface area contributed by atoms with Gasteiger partial charge >= 0.3 is 139 Å². The summed E-state index contributed by atoms with van der Waals surface area (Å²) in [6.45, 7) is 6.25. The summed E-state index contributed by atoms with van der Waals surface area (Å²) < 4.78 is 1.21. The van der Waals surface area contributed by atoms with Crippen molar-refractivity contribution >= 4 is 30.2 Å². The number of hydrogen-bond donors (Lipinski definition) is 0. The molecule has 0 unspecified atom stereocenters. The van der Waals surface area contributed by atoms with Gasteiger partial charge in [-0.05, 0) is 0 Å². The van der Waals surface area contributed by atoms with E-state index in [9.17, 15) is 0 Å². The number of aryl methyl sites for hydroxylation is 2. The molecule has 0 saturated carbocycles. The van der Waals surface area contributed by atoms with E-state index in [2.05, 4.69) is 86.3 Å². The number of anilines is 2. The molecule has 0 aliphatic carbocycles. The van der Waals surface area contributed by atoms with Crippen LogP contribution in [0.3, 0.4) is 0 Å². The van der Waals surface area contributed by atoms with Gasteiger partial charge in [-0.2, -0.15) is 0 Å². The second-order valence-electron chi connectivity index (χ2n) is 5.27. The minimum absolute atomic E-state index is 1.00. The minimum atomic E-state index is 1.00. The molecular weight excluding hydrogens is 376 g/mol. The van der Waals surface area contributed by atoms with Crippen LogP contribution in [-0.2, 0) is 12.7 Å². The van der Waals surface area contributed by atoms with Gasteiger partial charge in [-0.15, -0.1) is 0 Å². The fourth-order valence-electron chi connectivity index (χ4n) is 2.48. The van der Waals surface area contributed by atoms with E-state index in [0.29, 0.717) is 0 Å². The predicted molar refractivity (Wildman–Crippen MR) is 91.0 cm³/mol. The molecule has 1 fully saturated rings. The number of rotatable bonds is 2. The summed E-state index contributed by atoms with van der Waals surface area (Å²) in [5.74, 6) is 0. The molecule has 2 aromatic rings. The van der Waals surface area contributed by atoms with Crippen molar-refractivity contribution in [2.75, 3.05) is 22.9 Å². The molecule has 0 spiro atoms. The Labute approximate surface area is 139 Å².